The standard InChI is InChI=1S/C26H26N4O3/c1-28(16-18-15-27-29(17-18)20-8-4-2-5-9-20)24(31)19-12-13-22-23(14-19)26(33)30(25(22)32)21-10-6-3-7-11-21/h2,4-5,8-9,12-15,17,21H,3,6-7,10-11,16H2,1H3. The van der Waals surface area contributed by atoms with E-state index in [1.54, 1.807) is 41.0 Å². The van der Waals surface area contributed by atoms with E-state index < -0.39 is 0 Å². The molecule has 2 aliphatic rings. The van der Waals surface area contributed by atoms with Gasteiger partial charge in [-0.05, 0) is 43.2 Å². The molecular weight excluding hydrogens is 416 g/mol. The number of rotatable bonds is 5. The molecule has 33 heavy (non-hydrogen) atoms. The zero-order valence-electron chi connectivity index (χ0n) is 18.6. The smallest absolute Gasteiger partial charge is 0.261 e. The van der Waals surface area contributed by atoms with Crippen molar-refractivity contribution in [2.45, 2.75) is 44.7 Å². The molecule has 0 unspecified atom stereocenters. The van der Waals surface area contributed by atoms with E-state index in [2.05, 4.69) is 5.10 Å². The number of imide groups is 1. The molecule has 1 saturated carbocycles. The Bertz CT molecular complexity index is 1210. The molecule has 7 nitrogen and oxygen atoms in total. The number of aromatic nitrogens is 2. The van der Waals surface area contributed by atoms with Gasteiger partial charge in [-0.2, -0.15) is 5.10 Å². The first-order valence-corrected chi connectivity index (χ1v) is 11.4. The molecule has 3 amide bonds. The second-order valence-electron chi connectivity index (χ2n) is 8.82. The minimum Gasteiger partial charge on any atom is -0.337 e. The summed E-state index contributed by atoms with van der Waals surface area (Å²) in [5.41, 5.74) is 2.97. The highest BCUT2D eigenvalue weighted by Gasteiger charge is 2.40. The van der Waals surface area contributed by atoms with Crippen molar-refractivity contribution in [1.29, 1.82) is 0 Å². The second-order valence-corrected chi connectivity index (χ2v) is 8.82. The van der Waals surface area contributed by atoms with Gasteiger partial charge in [0.15, 0.2) is 0 Å². The van der Waals surface area contributed by atoms with Crippen molar-refractivity contribution in [3.63, 3.8) is 0 Å². The molecule has 3 aromatic rings. The number of para-hydroxylation sites is 1. The first kappa shape index (κ1) is 21.1. The van der Waals surface area contributed by atoms with Crippen LogP contribution in [0.15, 0.2) is 60.9 Å². The number of carbonyl (C=O) groups is 3. The molecule has 0 atom stereocenters. The average Bonchev–Trinajstić information content (AvgIpc) is 3.42. The topological polar surface area (TPSA) is 75.5 Å². The summed E-state index contributed by atoms with van der Waals surface area (Å²) in [6.45, 7) is 0.379. The summed E-state index contributed by atoms with van der Waals surface area (Å²) in [5.74, 6) is -0.715. The van der Waals surface area contributed by atoms with Gasteiger partial charge in [-0.3, -0.25) is 19.3 Å². The van der Waals surface area contributed by atoms with Crippen LogP contribution in [0.1, 0.15) is 68.7 Å². The van der Waals surface area contributed by atoms with E-state index in [4.69, 9.17) is 0 Å². The van der Waals surface area contributed by atoms with E-state index >= 15 is 0 Å². The van der Waals surface area contributed by atoms with Gasteiger partial charge in [0.25, 0.3) is 17.7 Å². The normalized spacial score (nSPS) is 16.2. The molecule has 1 aliphatic heterocycles. The van der Waals surface area contributed by atoms with Gasteiger partial charge in [-0.25, -0.2) is 4.68 Å². The number of benzene rings is 2. The summed E-state index contributed by atoms with van der Waals surface area (Å²) in [5, 5.41) is 4.38. The highest BCUT2D eigenvalue weighted by atomic mass is 16.2. The highest BCUT2D eigenvalue weighted by Crippen LogP contribution is 2.31. The van der Waals surface area contributed by atoms with Crippen molar-refractivity contribution in [2.75, 3.05) is 7.05 Å². The number of hydrogen-bond donors (Lipinski definition) is 0. The fraction of sp³-hybridized carbons (Fsp3) is 0.308. The van der Waals surface area contributed by atoms with Gasteiger partial charge < -0.3 is 4.90 Å². The molecule has 1 fully saturated rings. The summed E-state index contributed by atoms with van der Waals surface area (Å²) < 4.78 is 1.77. The molecule has 0 radical (unpaired) electrons. The van der Waals surface area contributed by atoms with E-state index in [1.807, 2.05) is 36.5 Å². The largest absolute Gasteiger partial charge is 0.337 e. The Labute approximate surface area is 192 Å². The minimum absolute atomic E-state index is 0.0332. The van der Waals surface area contributed by atoms with E-state index in [-0.39, 0.29) is 23.8 Å². The maximum atomic E-state index is 13.1. The van der Waals surface area contributed by atoms with Crippen LogP contribution in [0.25, 0.3) is 5.69 Å². The van der Waals surface area contributed by atoms with Gasteiger partial charge in [0.2, 0.25) is 0 Å². The van der Waals surface area contributed by atoms with Crippen molar-refractivity contribution in [1.82, 2.24) is 19.6 Å². The van der Waals surface area contributed by atoms with Crippen LogP contribution in [-0.2, 0) is 6.54 Å². The third-order valence-corrected chi connectivity index (χ3v) is 6.53. The molecular formula is C26H26N4O3. The van der Waals surface area contributed by atoms with Gasteiger partial charge in [-0.1, -0.05) is 37.5 Å². The second kappa shape index (κ2) is 8.65. The average molecular weight is 443 g/mol. The van der Waals surface area contributed by atoms with Gasteiger partial charge >= 0.3 is 0 Å². The highest BCUT2D eigenvalue weighted by molar-refractivity contribution is 6.22. The maximum absolute atomic E-state index is 13.1. The van der Waals surface area contributed by atoms with Crippen LogP contribution in [0, 0.1) is 0 Å². The molecule has 0 bridgehead atoms. The lowest BCUT2D eigenvalue weighted by molar-refractivity contribution is 0.0548. The Morgan fingerprint density at radius 1 is 1.00 bits per heavy atom. The molecule has 7 heteroatoms. The quantitative estimate of drug-likeness (QED) is 0.558. The minimum atomic E-state index is -0.275. The third kappa shape index (κ3) is 3.95. The summed E-state index contributed by atoms with van der Waals surface area (Å²) in [4.78, 5) is 42.0. The SMILES string of the molecule is CN(Cc1cnn(-c2ccccc2)c1)C(=O)c1ccc2c(c1)C(=O)N(C1CCCCC1)C2=O. The summed E-state index contributed by atoms with van der Waals surface area (Å²) in [7, 11) is 1.72. The molecule has 0 saturated heterocycles. The van der Waals surface area contributed by atoms with Crippen LogP contribution in [0.3, 0.4) is 0 Å². The molecule has 2 heterocycles. The predicted octanol–water partition coefficient (Wildman–Crippen LogP) is 4.07. The fourth-order valence-electron chi connectivity index (χ4n) is 4.79. The van der Waals surface area contributed by atoms with Gasteiger partial charge in [0, 0.05) is 37.0 Å². The van der Waals surface area contributed by atoms with Crippen molar-refractivity contribution in [2.24, 2.45) is 0 Å². The van der Waals surface area contributed by atoms with Crippen molar-refractivity contribution >= 4 is 17.7 Å². The lowest BCUT2D eigenvalue weighted by Crippen LogP contribution is -2.40. The van der Waals surface area contributed by atoms with Crippen LogP contribution < -0.4 is 0 Å². The Balaban J connectivity index is 1.31. The van der Waals surface area contributed by atoms with E-state index in [0.717, 1.165) is 43.4 Å². The lowest BCUT2D eigenvalue weighted by atomic mass is 9.94. The van der Waals surface area contributed by atoms with Crippen LogP contribution in [0.4, 0.5) is 0 Å². The molecule has 0 N–H and O–H groups in total. The van der Waals surface area contributed by atoms with Crippen molar-refractivity contribution in [3.8, 4) is 5.69 Å². The summed E-state index contributed by atoms with van der Waals surface area (Å²) in [6, 6.07) is 14.6. The Morgan fingerprint density at radius 3 is 2.48 bits per heavy atom. The molecule has 1 aliphatic carbocycles. The predicted molar refractivity (Wildman–Crippen MR) is 123 cm³/mol. The fourth-order valence-corrected chi connectivity index (χ4v) is 4.79. The molecule has 168 valence electrons. The lowest BCUT2D eigenvalue weighted by Gasteiger charge is -2.29. The third-order valence-electron chi connectivity index (χ3n) is 6.53. The summed E-state index contributed by atoms with van der Waals surface area (Å²) >= 11 is 0. The number of fused-ring (bicyclic) bond motifs is 1. The number of nitrogens with zero attached hydrogens (tertiary/aromatic N) is 4. The Hall–Kier alpha value is -3.74. The molecule has 0 spiro atoms. The van der Waals surface area contributed by atoms with Crippen LogP contribution >= 0.6 is 0 Å². The van der Waals surface area contributed by atoms with Gasteiger partial charge in [0.05, 0.1) is 23.0 Å². The van der Waals surface area contributed by atoms with E-state index in [0.29, 0.717) is 23.2 Å². The molecule has 1 aromatic heterocycles. The Morgan fingerprint density at radius 2 is 1.73 bits per heavy atom. The van der Waals surface area contributed by atoms with Crippen molar-refractivity contribution < 1.29 is 14.4 Å². The first-order chi connectivity index (χ1) is 16.0. The van der Waals surface area contributed by atoms with Gasteiger partial charge in [0.1, 0.15) is 0 Å². The maximum Gasteiger partial charge on any atom is 0.261 e. The number of hydrogen-bond acceptors (Lipinski definition) is 4. The number of amides is 3. The van der Waals surface area contributed by atoms with Crippen molar-refractivity contribution in [3.05, 3.63) is 83.2 Å². The first-order valence-electron chi connectivity index (χ1n) is 11.4. The molecule has 2 aromatic carbocycles. The molecule has 5 rings (SSSR count). The Kier molecular flexibility index (Phi) is 5.54. The summed E-state index contributed by atoms with van der Waals surface area (Å²) in [6.07, 6.45) is 8.57. The van der Waals surface area contributed by atoms with Crippen LogP contribution in [-0.4, -0.2) is 50.4 Å². The number of carbonyl (C=O) groups excluding carboxylic acids is 3. The van der Waals surface area contributed by atoms with Crippen LogP contribution in [0.2, 0.25) is 0 Å². The zero-order valence-corrected chi connectivity index (χ0v) is 18.6. The zero-order chi connectivity index (χ0) is 22.9. The monoisotopic (exact) mass is 442 g/mol. The van der Waals surface area contributed by atoms with E-state index in [1.165, 1.54) is 4.90 Å². The van der Waals surface area contributed by atoms with Gasteiger partial charge in [-0.15, -0.1) is 0 Å². The van der Waals surface area contributed by atoms with E-state index in [9.17, 15) is 14.4 Å². The van der Waals surface area contributed by atoms with Crippen LogP contribution in [0.5, 0.6) is 0 Å².